The molecule has 1 aromatic carbocycles. The maximum atomic E-state index is 12.7. The maximum absolute atomic E-state index is 12.7. The fraction of sp³-hybridized carbons (Fsp3) is 0.400. The van der Waals surface area contributed by atoms with Crippen LogP contribution in [0.25, 0.3) is 10.8 Å². The predicted molar refractivity (Wildman–Crippen MR) is 79.1 cm³/mol. The molecule has 4 nitrogen and oxygen atoms in total. The minimum Gasteiger partial charge on any atom is -0.261 e. The topological polar surface area (TPSA) is 50.3 Å². The van der Waals surface area contributed by atoms with Crippen molar-refractivity contribution in [2.45, 2.75) is 25.7 Å². The van der Waals surface area contributed by atoms with E-state index in [1.165, 1.54) is 0 Å². The lowest BCUT2D eigenvalue weighted by Gasteiger charge is -2.36. The van der Waals surface area contributed by atoms with Crippen molar-refractivity contribution in [3.63, 3.8) is 0 Å². The van der Waals surface area contributed by atoms with Gasteiger partial charge in [-0.25, -0.2) is 8.42 Å². The van der Waals surface area contributed by atoms with E-state index in [0.717, 1.165) is 22.0 Å². The van der Waals surface area contributed by atoms with E-state index in [4.69, 9.17) is 0 Å². The Morgan fingerprint density at radius 3 is 2.60 bits per heavy atom. The summed E-state index contributed by atoms with van der Waals surface area (Å²) in [5.41, 5.74) is 1.76. The number of hydrogen-bond donors (Lipinski definition) is 0. The molecule has 5 heteroatoms. The largest absolute Gasteiger partial charge is 0.261 e. The quantitative estimate of drug-likeness (QED) is 0.854. The Kier molecular flexibility index (Phi) is 3.06. The Balaban J connectivity index is 2.25. The fourth-order valence-corrected chi connectivity index (χ4v) is 4.72. The molecule has 3 rings (SSSR count). The van der Waals surface area contributed by atoms with Crippen LogP contribution in [0.4, 0.5) is 0 Å². The van der Waals surface area contributed by atoms with Crippen molar-refractivity contribution in [3.05, 3.63) is 35.7 Å². The Morgan fingerprint density at radius 2 is 1.95 bits per heavy atom. The molecule has 0 bridgehead atoms. The molecule has 1 aliphatic rings. The predicted octanol–water partition coefficient (Wildman–Crippen LogP) is 2.49. The van der Waals surface area contributed by atoms with Gasteiger partial charge in [-0.05, 0) is 31.4 Å². The Morgan fingerprint density at radius 1 is 1.25 bits per heavy atom. The molecule has 1 aromatic heterocycles. The van der Waals surface area contributed by atoms with Gasteiger partial charge in [0.05, 0.1) is 4.90 Å². The van der Waals surface area contributed by atoms with Crippen molar-refractivity contribution in [1.82, 2.24) is 9.29 Å². The standard InChI is InChI=1S/C15H18N2O2S/c1-10-8-17(9-10)20(18,19)14-6-4-5-13-12(3)16-7-11(2)15(13)14/h4-7,10H,8-9H2,1-3H3. The lowest BCUT2D eigenvalue weighted by atomic mass is 10.1. The number of fused-ring (bicyclic) bond motifs is 1. The van der Waals surface area contributed by atoms with E-state index in [9.17, 15) is 8.42 Å². The number of benzene rings is 1. The normalized spacial score (nSPS) is 17.4. The van der Waals surface area contributed by atoms with Crippen molar-refractivity contribution >= 4 is 20.8 Å². The van der Waals surface area contributed by atoms with E-state index in [0.29, 0.717) is 23.9 Å². The van der Waals surface area contributed by atoms with Crippen LogP contribution in [0.3, 0.4) is 0 Å². The molecule has 1 fully saturated rings. The minimum atomic E-state index is -3.40. The number of rotatable bonds is 2. The lowest BCUT2D eigenvalue weighted by Crippen LogP contribution is -2.48. The second kappa shape index (κ2) is 4.53. The highest BCUT2D eigenvalue weighted by atomic mass is 32.2. The molecule has 0 unspecified atom stereocenters. The van der Waals surface area contributed by atoms with Crippen molar-refractivity contribution in [3.8, 4) is 0 Å². The van der Waals surface area contributed by atoms with E-state index < -0.39 is 10.0 Å². The molecule has 106 valence electrons. The van der Waals surface area contributed by atoms with Crippen LogP contribution in [0.5, 0.6) is 0 Å². The molecule has 1 saturated heterocycles. The molecule has 0 radical (unpaired) electrons. The van der Waals surface area contributed by atoms with Crippen molar-refractivity contribution in [1.29, 1.82) is 0 Å². The number of pyridine rings is 1. The van der Waals surface area contributed by atoms with Gasteiger partial charge in [-0.3, -0.25) is 4.98 Å². The van der Waals surface area contributed by atoms with Crippen LogP contribution in [0.1, 0.15) is 18.2 Å². The Bertz CT molecular complexity index is 778. The van der Waals surface area contributed by atoms with Gasteiger partial charge < -0.3 is 0 Å². The van der Waals surface area contributed by atoms with E-state index in [2.05, 4.69) is 11.9 Å². The third kappa shape index (κ3) is 1.93. The third-order valence-electron chi connectivity index (χ3n) is 3.91. The number of hydrogen-bond acceptors (Lipinski definition) is 3. The fourth-order valence-electron chi connectivity index (χ4n) is 2.76. The number of nitrogens with zero attached hydrogens (tertiary/aromatic N) is 2. The summed E-state index contributed by atoms with van der Waals surface area (Å²) >= 11 is 0. The van der Waals surface area contributed by atoms with Crippen LogP contribution in [0.2, 0.25) is 0 Å². The first-order valence-electron chi connectivity index (χ1n) is 6.76. The Hall–Kier alpha value is -1.46. The van der Waals surface area contributed by atoms with Gasteiger partial charge in [0.1, 0.15) is 0 Å². The molecule has 2 aromatic rings. The molecular weight excluding hydrogens is 272 g/mol. The van der Waals surface area contributed by atoms with Crippen LogP contribution >= 0.6 is 0 Å². The summed E-state index contributed by atoms with van der Waals surface area (Å²) in [6.45, 7) is 7.11. The SMILES string of the molecule is Cc1ncc(C)c2c(S(=O)(=O)N3CC(C)C3)cccc12. The summed E-state index contributed by atoms with van der Waals surface area (Å²) in [7, 11) is -3.40. The smallest absolute Gasteiger partial charge is 0.243 e. The summed E-state index contributed by atoms with van der Waals surface area (Å²) in [5.74, 6) is 0.448. The maximum Gasteiger partial charge on any atom is 0.243 e. The van der Waals surface area contributed by atoms with Gasteiger partial charge in [-0.2, -0.15) is 4.31 Å². The first-order chi connectivity index (χ1) is 9.41. The zero-order valence-corrected chi connectivity index (χ0v) is 12.7. The first kappa shape index (κ1) is 13.5. The minimum absolute atomic E-state index is 0.407. The molecule has 2 heterocycles. The van der Waals surface area contributed by atoms with Crippen LogP contribution in [0.15, 0.2) is 29.3 Å². The van der Waals surface area contributed by atoms with E-state index >= 15 is 0 Å². The number of aryl methyl sites for hydroxylation is 2. The average Bonchev–Trinajstić information content (AvgIpc) is 2.39. The molecule has 0 spiro atoms. The highest BCUT2D eigenvalue weighted by Gasteiger charge is 2.35. The summed E-state index contributed by atoms with van der Waals surface area (Å²) in [5, 5.41) is 1.72. The highest BCUT2D eigenvalue weighted by molar-refractivity contribution is 7.89. The zero-order chi connectivity index (χ0) is 14.5. The molecule has 0 saturated carbocycles. The molecule has 20 heavy (non-hydrogen) atoms. The first-order valence-corrected chi connectivity index (χ1v) is 8.20. The Labute approximate surface area is 119 Å². The van der Waals surface area contributed by atoms with E-state index in [1.807, 2.05) is 19.9 Å². The molecule has 0 aliphatic carbocycles. The van der Waals surface area contributed by atoms with Crippen LogP contribution < -0.4 is 0 Å². The molecule has 0 amide bonds. The van der Waals surface area contributed by atoms with Gasteiger partial charge >= 0.3 is 0 Å². The monoisotopic (exact) mass is 290 g/mol. The second-order valence-electron chi connectivity index (χ2n) is 5.63. The van der Waals surface area contributed by atoms with Crippen LogP contribution in [-0.2, 0) is 10.0 Å². The van der Waals surface area contributed by atoms with Gasteiger partial charge in [0, 0.05) is 35.8 Å². The van der Waals surface area contributed by atoms with Gasteiger partial charge in [0.15, 0.2) is 0 Å². The van der Waals surface area contributed by atoms with Crippen molar-refractivity contribution < 1.29 is 8.42 Å². The lowest BCUT2D eigenvalue weighted by molar-refractivity contribution is 0.218. The summed E-state index contributed by atoms with van der Waals surface area (Å²) in [6.07, 6.45) is 1.75. The summed E-state index contributed by atoms with van der Waals surface area (Å²) in [6, 6.07) is 5.43. The van der Waals surface area contributed by atoms with E-state index in [-0.39, 0.29) is 0 Å². The van der Waals surface area contributed by atoms with Gasteiger partial charge in [0.2, 0.25) is 10.0 Å². The van der Waals surface area contributed by atoms with Gasteiger partial charge in [-0.15, -0.1) is 0 Å². The summed E-state index contributed by atoms with van der Waals surface area (Å²) in [4.78, 5) is 4.72. The third-order valence-corrected chi connectivity index (χ3v) is 5.78. The average molecular weight is 290 g/mol. The zero-order valence-electron chi connectivity index (χ0n) is 11.9. The second-order valence-corrected chi connectivity index (χ2v) is 7.54. The highest BCUT2D eigenvalue weighted by Crippen LogP contribution is 2.32. The van der Waals surface area contributed by atoms with E-state index in [1.54, 1.807) is 22.6 Å². The molecule has 0 N–H and O–H groups in total. The molecule has 1 aliphatic heterocycles. The van der Waals surface area contributed by atoms with Crippen LogP contribution in [0, 0.1) is 19.8 Å². The van der Waals surface area contributed by atoms with Crippen molar-refractivity contribution in [2.75, 3.05) is 13.1 Å². The van der Waals surface area contributed by atoms with Crippen molar-refractivity contribution in [2.24, 2.45) is 5.92 Å². The van der Waals surface area contributed by atoms with Gasteiger partial charge in [-0.1, -0.05) is 19.1 Å². The number of sulfonamides is 1. The molecular formula is C15H18N2O2S. The van der Waals surface area contributed by atoms with Gasteiger partial charge in [0.25, 0.3) is 0 Å². The molecule has 0 atom stereocenters. The number of aromatic nitrogens is 1. The van der Waals surface area contributed by atoms with Crippen LogP contribution in [-0.4, -0.2) is 30.8 Å². The summed E-state index contributed by atoms with van der Waals surface area (Å²) < 4.78 is 27.0.